The molecule has 4 nitrogen and oxygen atoms in total. The highest BCUT2D eigenvalue weighted by Crippen LogP contribution is 2.16. The summed E-state index contributed by atoms with van der Waals surface area (Å²) in [5.41, 5.74) is 0. The minimum Gasteiger partial charge on any atom is -0.383 e. The Kier molecular flexibility index (Phi) is 6.29. The lowest BCUT2D eigenvalue weighted by atomic mass is 10.2. The summed E-state index contributed by atoms with van der Waals surface area (Å²) in [6, 6.07) is 0. The van der Waals surface area contributed by atoms with Crippen molar-refractivity contribution < 1.29 is 4.74 Å². The van der Waals surface area contributed by atoms with E-state index in [0.29, 0.717) is 17.6 Å². The Morgan fingerprint density at radius 2 is 2.44 bits per heavy atom. The smallest absolute Gasteiger partial charge is 0.166 e. The molecule has 0 spiro atoms. The van der Waals surface area contributed by atoms with Crippen molar-refractivity contribution in [2.75, 3.05) is 26.8 Å². The number of hydrogen-bond donors (Lipinski definition) is 2. The SMILES string of the molecule is COCCNC(=S)NCC(C)c1nccs1. The Balaban J connectivity index is 2.16. The first-order valence-electron chi connectivity index (χ1n) is 5.14. The summed E-state index contributed by atoms with van der Waals surface area (Å²) in [5, 5.41) is 10.0. The number of methoxy groups -OCH3 is 1. The molecule has 0 aliphatic heterocycles. The van der Waals surface area contributed by atoms with Crippen LogP contribution in [0.3, 0.4) is 0 Å². The van der Waals surface area contributed by atoms with E-state index < -0.39 is 0 Å². The third-order valence-electron chi connectivity index (χ3n) is 2.03. The average Bonchev–Trinajstić information content (AvgIpc) is 2.79. The Bertz CT molecular complexity index is 303. The van der Waals surface area contributed by atoms with E-state index in [9.17, 15) is 0 Å². The van der Waals surface area contributed by atoms with Gasteiger partial charge < -0.3 is 15.4 Å². The van der Waals surface area contributed by atoms with Crippen LogP contribution in [0.4, 0.5) is 0 Å². The number of hydrogen-bond acceptors (Lipinski definition) is 4. The van der Waals surface area contributed by atoms with Crippen molar-refractivity contribution in [3.8, 4) is 0 Å². The molecule has 16 heavy (non-hydrogen) atoms. The van der Waals surface area contributed by atoms with Crippen LogP contribution in [0.25, 0.3) is 0 Å². The minimum absolute atomic E-state index is 0.377. The monoisotopic (exact) mass is 259 g/mol. The van der Waals surface area contributed by atoms with Gasteiger partial charge >= 0.3 is 0 Å². The number of nitrogens with zero attached hydrogens (tertiary/aromatic N) is 1. The molecule has 0 aromatic carbocycles. The summed E-state index contributed by atoms with van der Waals surface area (Å²) in [6.45, 7) is 4.31. The second kappa shape index (κ2) is 7.54. The second-order valence-electron chi connectivity index (χ2n) is 3.40. The van der Waals surface area contributed by atoms with Crippen LogP contribution in [-0.4, -0.2) is 36.9 Å². The standard InChI is InChI=1S/C10H17N3OS2/c1-8(9-11-4-6-16-9)7-13-10(15)12-3-5-14-2/h4,6,8H,3,5,7H2,1-2H3,(H2,12,13,15). The molecule has 0 fully saturated rings. The van der Waals surface area contributed by atoms with E-state index >= 15 is 0 Å². The molecule has 0 aliphatic carbocycles. The highest BCUT2D eigenvalue weighted by molar-refractivity contribution is 7.80. The highest BCUT2D eigenvalue weighted by Gasteiger charge is 2.07. The summed E-state index contributed by atoms with van der Waals surface area (Å²) in [6.07, 6.45) is 1.83. The van der Waals surface area contributed by atoms with Crippen molar-refractivity contribution in [3.05, 3.63) is 16.6 Å². The Morgan fingerprint density at radius 3 is 3.06 bits per heavy atom. The van der Waals surface area contributed by atoms with Gasteiger partial charge in [0.2, 0.25) is 0 Å². The van der Waals surface area contributed by atoms with Crippen LogP contribution in [0.1, 0.15) is 17.8 Å². The molecular weight excluding hydrogens is 242 g/mol. The quantitative estimate of drug-likeness (QED) is 0.596. The van der Waals surface area contributed by atoms with Crippen molar-refractivity contribution in [1.29, 1.82) is 0 Å². The molecule has 1 heterocycles. The summed E-state index contributed by atoms with van der Waals surface area (Å²) in [7, 11) is 1.67. The van der Waals surface area contributed by atoms with Crippen LogP contribution in [0.15, 0.2) is 11.6 Å². The third kappa shape index (κ3) is 4.87. The molecule has 0 bridgehead atoms. The minimum atomic E-state index is 0.377. The molecular formula is C10H17N3OS2. The maximum absolute atomic E-state index is 5.12. The number of nitrogens with one attached hydrogen (secondary N) is 2. The van der Waals surface area contributed by atoms with Gasteiger partial charge in [-0.25, -0.2) is 4.98 Å². The van der Waals surface area contributed by atoms with Gasteiger partial charge in [0.1, 0.15) is 0 Å². The fourth-order valence-corrected chi connectivity index (χ4v) is 2.02. The van der Waals surface area contributed by atoms with Crippen LogP contribution < -0.4 is 10.6 Å². The normalized spacial score (nSPS) is 12.1. The fourth-order valence-electron chi connectivity index (χ4n) is 1.14. The largest absolute Gasteiger partial charge is 0.383 e. The molecule has 1 aromatic rings. The zero-order chi connectivity index (χ0) is 11.8. The van der Waals surface area contributed by atoms with Gasteiger partial charge in [0.25, 0.3) is 0 Å². The Hall–Kier alpha value is -0.720. The molecule has 1 aromatic heterocycles. The number of thiazole rings is 1. The Morgan fingerprint density at radius 1 is 1.62 bits per heavy atom. The van der Waals surface area contributed by atoms with E-state index in [1.54, 1.807) is 18.4 Å². The highest BCUT2D eigenvalue weighted by atomic mass is 32.1. The molecule has 2 N–H and O–H groups in total. The molecule has 1 atom stereocenters. The van der Waals surface area contributed by atoms with E-state index in [-0.39, 0.29) is 0 Å². The zero-order valence-electron chi connectivity index (χ0n) is 9.53. The number of thiocarbonyl (C=S) groups is 1. The predicted octanol–water partition coefficient (Wildman–Crippen LogP) is 1.36. The molecule has 1 rings (SSSR count). The number of rotatable bonds is 6. The van der Waals surface area contributed by atoms with E-state index in [2.05, 4.69) is 22.5 Å². The topological polar surface area (TPSA) is 46.2 Å². The van der Waals surface area contributed by atoms with Crippen molar-refractivity contribution in [1.82, 2.24) is 15.6 Å². The summed E-state index contributed by atoms with van der Waals surface area (Å²) in [4.78, 5) is 4.26. The first-order chi connectivity index (χ1) is 7.74. The second-order valence-corrected chi connectivity index (χ2v) is 4.74. The van der Waals surface area contributed by atoms with Crippen molar-refractivity contribution in [3.63, 3.8) is 0 Å². The third-order valence-corrected chi connectivity index (χ3v) is 3.33. The van der Waals surface area contributed by atoms with Crippen LogP contribution in [-0.2, 0) is 4.74 Å². The van der Waals surface area contributed by atoms with Gasteiger partial charge in [0, 0.05) is 37.7 Å². The summed E-state index contributed by atoms with van der Waals surface area (Å²) < 4.78 is 4.92. The Labute approximate surface area is 105 Å². The molecule has 1 unspecified atom stereocenters. The van der Waals surface area contributed by atoms with Gasteiger partial charge in [-0.2, -0.15) is 0 Å². The number of aromatic nitrogens is 1. The molecule has 0 saturated carbocycles. The van der Waals surface area contributed by atoms with Crippen molar-refractivity contribution in [2.24, 2.45) is 0 Å². The summed E-state index contributed by atoms with van der Waals surface area (Å²) in [5.74, 6) is 0.377. The van der Waals surface area contributed by atoms with Crippen LogP contribution in [0.5, 0.6) is 0 Å². The van der Waals surface area contributed by atoms with E-state index in [0.717, 1.165) is 18.1 Å². The van der Waals surface area contributed by atoms with Gasteiger partial charge in [-0.15, -0.1) is 11.3 Å². The molecule has 0 amide bonds. The fraction of sp³-hybridized carbons (Fsp3) is 0.600. The van der Waals surface area contributed by atoms with Crippen LogP contribution in [0, 0.1) is 0 Å². The lowest BCUT2D eigenvalue weighted by molar-refractivity contribution is 0.204. The first kappa shape index (κ1) is 13.3. The average molecular weight is 259 g/mol. The number of ether oxygens (including phenoxy) is 1. The summed E-state index contributed by atoms with van der Waals surface area (Å²) >= 11 is 6.79. The van der Waals surface area contributed by atoms with Gasteiger partial charge in [-0.3, -0.25) is 0 Å². The van der Waals surface area contributed by atoms with Crippen molar-refractivity contribution in [2.45, 2.75) is 12.8 Å². The van der Waals surface area contributed by atoms with Crippen molar-refractivity contribution >= 4 is 28.7 Å². The molecule has 6 heteroatoms. The van der Waals surface area contributed by atoms with E-state index in [1.807, 2.05) is 11.6 Å². The van der Waals surface area contributed by atoms with Gasteiger partial charge in [0.15, 0.2) is 5.11 Å². The maximum Gasteiger partial charge on any atom is 0.166 e. The van der Waals surface area contributed by atoms with Gasteiger partial charge in [-0.05, 0) is 12.2 Å². The maximum atomic E-state index is 5.12. The van der Waals surface area contributed by atoms with Gasteiger partial charge in [-0.1, -0.05) is 6.92 Å². The molecule has 90 valence electrons. The van der Waals surface area contributed by atoms with Crippen LogP contribution in [0.2, 0.25) is 0 Å². The van der Waals surface area contributed by atoms with Gasteiger partial charge in [0.05, 0.1) is 11.6 Å². The first-order valence-corrected chi connectivity index (χ1v) is 6.43. The van der Waals surface area contributed by atoms with Crippen LogP contribution >= 0.6 is 23.6 Å². The molecule has 0 saturated heterocycles. The lowest BCUT2D eigenvalue weighted by Crippen LogP contribution is -2.38. The predicted molar refractivity (Wildman–Crippen MR) is 71.0 cm³/mol. The molecule has 0 radical (unpaired) electrons. The molecule has 0 aliphatic rings. The lowest BCUT2D eigenvalue weighted by Gasteiger charge is -2.13. The zero-order valence-corrected chi connectivity index (χ0v) is 11.2. The van der Waals surface area contributed by atoms with E-state index in [4.69, 9.17) is 17.0 Å². The van der Waals surface area contributed by atoms with E-state index in [1.165, 1.54) is 0 Å².